The average Bonchev–Trinajstić information content (AvgIpc) is 3.26. The van der Waals surface area contributed by atoms with E-state index in [1.54, 1.807) is 7.05 Å². The monoisotopic (exact) mass is 375 g/mol. The van der Waals surface area contributed by atoms with E-state index in [0.29, 0.717) is 23.7 Å². The van der Waals surface area contributed by atoms with E-state index in [-0.39, 0.29) is 12.3 Å². The maximum atomic E-state index is 12.4. The molecule has 0 unspecified atom stereocenters. The molecule has 2 heterocycles. The van der Waals surface area contributed by atoms with Crippen molar-refractivity contribution < 1.29 is 9.59 Å². The van der Waals surface area contributed by atoms with Crippen LogP contribution < -0.4 is 10.6 Å². The molecule has 0 aliphatic rings. The number of benzene rings is 2. The highest BCUT2D eigenvalue weighted by atomic mass is 16.1. The van der Waals surface area contributed by atoms with E-state index in [4.69, 9.17) is 0 Å². The Bertz CT molecular complexity index is 1150. The molecule has 4 aromatic rings. The first kappa shape index (κ1) is 17.4. The summed E-state index contributed by atoms with van der Waals surface area (Å²) < 4.78 is 0. The van der Waals surface area contributed by atoms with Gasteiger partial charge in [-0.2, -0.15) is 4.80 Å². The van der Waals surface area contributed by atoms with Crippen molar-refractivity contribution in [3.8, 4) is 11.4 Å². The van der Waals surface area contributed by atoms with Gasteiger partial charge in [0.05, 0.1) is 19.2 Å². The van der Waals surface area contributed by atoms with E-state index < -0.39 is 0 Å². The van der Waals surface area contributed by atoms with Crippen molar-refractivity contribution in [2.24, 2.45) is 7.05 Å². The fourth-order valence-electron chi connectivity index (χ4n) is 3.00. The second-order valence-corrected chi connectivity index (χ2v) is 6.21. The van der Waals surface area contributed by atoms with Crippen LogP contribution in [0, 0.1) is 0 Å². The van der Waals surface area contributed by atoms with Crippen LogP contribution in [0.25, 0.3) is 22.3 Å². The Balaban J connectivity index is 1.66. The smallest absolute Gasteiger partial charge is 0.229 e. The number of carbonyl (C=O) groups is 2. The Hall–Kier alpha value is -4.01. The molecule has 0 bridgehead atoms. The highest BCUT2D eigenvalue weighted by molar-refractivity contribution is 6.08. The molecule has 0 fully saturated rings. The molecule has 0 aliphatic heterocycles. The molecule has 9 heteroatoms. The number of aryl methyl sites for hydroxylation is 1. The summed E-state index contributed by atoms with van der Waals surface area (Å²) in [4.78, 5) is 28.1. The zero-order chi connectivity index (χ0) is 19.5. The number of anilines is 2. The van der Waals surface area contributed by atoms with Gasteiger partial charge in [0.2, 0.25) is 18.1 Å². The molecule has 2 amide bonds. The van der Waals surface area contributed by atoms with Crippen LogP contribution in [0.15, 0.2) is 48.5 Å². The molecule has 0 spiro atoms. The number of tetrazole rings is 1. The van der Waals surface area contributed by atoms with Crippen LogP contribution in [-0.2, 0) is 23.1 Å². The van der Waals surface area contributed by atoms with Crippen LogP contribution in [0.5, 0.6) is 0 Å². The topological polar surface area (TPSA) is 118 Å². The van der Waals surface area contributed by atoms with E-state index in [0.717, 1.165) is 22.0 Å². The van der Waals surface area contributed by atoms with Gasteiger partial charge >= 0.3 is 0 Å². The average molecular weight is 375 g/mol. The minimum Gasteiger partial charge on any atom is -0.339 e. The molecule has 0 saturated heterocycles. The third kappa shape index (κ3) is 3.45. The second kappa shape index (κ2) is 7.31. The molecule has 0 atom stereocenters. The van der Waals surface area contributed by atoms with Gasteiger partial charge in [-0.1, -0.05) is 30.3 Å². The predicted octanol–water partition coefficient (Wildman–Crippen LogP) is 2.11. The quantitative estimate of drug-likeness (QED) is 0.446. The number of fused-ring (bicyclic) bond motifs is 1. The van der Waals surface area contributed by atoms with Crippen molar-refractivity contribution in [3.05, 3.63) is 54.1 Å². The molecule has 9 nitrogen and oxygen atoms in total. The second-order valence-electron chi connectivity index (χ2n) is 6.21. The van der Waals surface area contributed by atoms with E-state index in [1.807, 2.05) is 48.5 Å². The Morgan fingerprint density at radius 3 is 2.75 bits per heavy atom. The summed E-state index contributed by atoms with van der Waals surface area (Å²) >= 11 is 0. The van der Waals surface area contributed by atoms with Crippen LogP contribution >= 0.6 is 0 Å². The summed E-state index contributed by atoms with van der Waals surface area (Å²) in [6.07, 6.45) is 0.800. The molecular formula is C19H17N7O2. The Morgan fingerprint density at radius 1 is 1.21 bits per heavy atom. The molecule has 4 rings (SSSR count). The van der Waals surface area contributed by atoms with Crippen LogP contribution in [0.1, 0.15) is 5.56 Å². The van der Waals surface area contributed by atoms with Gasteiger partial charge in [-0.15, -0.1) is 10.2 Å². The maximum Gasteiger partial charge on any atom is 0.229 e. The number of rotatable bonds is 6. The zero-order valence-electron chi connectivity index (χ0n) is 15.0. The van der Waals surface area contributed by atoms with Crippen LogP contribution in [0.2, 0.25) is 0 Å². The number of nitrogens with one attached hydrogen (secondary N) is 3. The molecule has 0 saturated carbocycles. The molecule has 0 radical (unpaired) electrons. The van der Waals surface area contributed by atoms with Gasteiger partial charge in [-0.25, -0.2) is 0 Å². The third-order valence-electron chi connectivity index (χ3n) is 4.24. The predicted molar refractivity (Wildman–Crippen MR) is 105 cm³/mol. The number of nitrogens with zero attached hydrogens (tertiary/aromatic N) is 4. The van der Waals surface area contributed by atoms with Gasteiger partial charge in [-0.3, -0.25) is 9.59 Å². The number of aromatic nitrogens is 5. The lowest BCUT2D eigenvalue weighted by Gasteiger charge is -2.06. The first-order chi connectivity index (χ1) is 13.6. The molecular weight excluding hydrogens is 358 g/mol. The third-order valence-corrected chi connectivity index (χ3v) is 4.24. The van der Waals surface area contributed by atoms with Gasteiger partial charge in [0.15, 0.2) is 0 Å². The fourth-order valence-corrected chi connectivity index (χ4v) is 3.00. The summed E-state index contributed by atoms with van der Waals surface area (Å²) in [7, 11) is 1.69. The number of hydrogen-bond donors (Lipinski definition) is 3. The van der Waals surface area contributed by atoms with Crippen molar-refractivity contribution in [2.45, 2.75) is 6.42 Å². The molecule has 2 aromatic heterocycles. The van der Waals surface area contributed by atoms with Crippen LogP contribution in [0.3, 0.4) is 0 Å². The highest BCUT2D eigenvalue weighted by Crippen LogP contribution is 2.33. The van der Waals surface area contributed by atoms with Crippen molar-refractivity contribution >= 4 is 34.7 Å². The summed E-state index contributed by atoms with van der Waals surface area (Å²) in [5.74, 6) is 0.701. The Labute approximate surface area is 159 Å². The normalized spacial score (nSPS) is 10.8. The van der Waals surface area contributed by atoms with Crippen molar-refractivity contribution in [2.75, 3.05) is 10.6 Å². The lowest BCUT2D eigenvalue weighted by molar-refractivity contribution is -0.115. The van der Waals surface area contributed by atoms with E-state index in [2.05, 4.69) is 31.0 Å². The highest BCUT2D eigenvalue weighted by Gasteiger charge is 2.16. The van der Waals surface area contributed by atoms with E-state index >= 15 is 0 Å². The van der Waals surface area contributed by atoms with Crippen molar-refractivity contribution in [1.82, 2.24) is 25.2 Å². The molecule has 28 heavy (non-hydrogen) atoms. The maximum absolute atomic E-state index is 12.4. The largest absolute Gasteiger partial charge is 0.339 e. The number of carbonyl (C=O) groups excluding carboxylic acids is 2. The molecule has 3 N–H and O–H groups in total. The first-order valence-corrected chi connectivity index (χ1v) is 8.58. The van der Waals surface area contributed by atoms with Gasteiger partial charge < -0.3 is 15.6 Å². The Kier molecular flexibility index (Phi) is 4.55. The van der Waals surface area contributed by atoms with Crippen molar-refractivity contribution in [3.63, 3.8) is 0 Å². The number of hydrogen-bond acceptors (Lipinski definition) is 5. The fraction of sp³-hybridized carbons (Fsp3) is 0.105. The first-order valence-electron chi connectivity index (χ1n) is 8.58. The standard InChI is InChI=1S/C19H17N7O2/c1-26-24-18(23-25-26)13-7-8-15-14(10-13)17(20-11-27)19(21-15)22-16(28)9-12-5-3-2-4-6-12/h2-8,10-11,21H,9H2,1H3,(H,20,27)(H,22,28). The van der Waals surface area contributed by atoms with Crippen LogP contribution in [0.4, 0.5) is 11.5 Å². The molecule has 2 aromatic carbocycles. The lowest BCUT2D eigenvalue weighted by Crippen LogP contribution is -2.15. The molecule has 0 aliphatic carbocycles. The summed E-state index contributed by atoms with van der Waals surface area (Å²) in [6.45, 7) is 0. The van der Waals surface area contributed by atoms with Gasteiger partial charge in [-0.05, 0) is 29.0 Å². The summed E-state index contributed by atoms with van der Waals surface area (Å²) in [6, 6.07) is 14.9. The van der Waals surface area contributed by atoms with E-state index in [9.17, 15) is 9.59 Å². The SMILES string of the molecule is Cn1nnc(-c2ccc3[nH]c(NC(=O)Cc4ccccc4)c(NC=O)c3c2)n1. The Morgan fingerprint density at radius 2 is 2.04 bits per heavy atom. The molecule has 140 valence electrons. The van der Waals surface area contributed by atoms with Gasteiger partial charge in [0, 0.05) is 16.5 Å². The number of aromatic amines is 1. The van der Waals surface area contributed by atoms with Gasteiger partial charge in [0.1, 0.15) is 5.82 Å². The minimum absolute atomic E-state index is 0.192. The lowest BCUT2D eigenvalue weighted by atomic mass is 10.1. The van der Waals surface area contributed by atoms with Crippen LogP contribution in [-0.4, -0.2) is 37.5 Å². The van der Waals surface area contributed by atoms with Crippen molar-refractivity contribution in [1.29, 1.82) is 0 Å². The number of H-pyrrole nitrogens is 1. The number of amides is 2. The summed E-state index contributed by atoms with van der Waals surface area (Å²) in [5, 5.41) is 18.3. The minimum atomic E-state index is -0.192. The van der Waals surface area contributed by atoms with E-state index in [1.165, 1.54) is 4.80 Å². The zero-order valence-corrected chi connectivity index (χ0v) is 15.0. The van der Waals surface area contributed by atoms with Gasteiger partial charge in [0.25, 0.3) is 0 Å². The summed E-state index contributed by atoms with van der Waals surface area (Å²) in [5.41, 5.74) is 2.89.